The van der Waals surface area contributed by atoms with Crippen LogP contribution >= 0.6 is 0 Å². The van der Waals surface area contributed by atoms with Crippen molar-refractivity contribution in [2.75, 3.05) is 6.67 Å². The number of hydrogen-bond acceptors (Lipinski definition) is 1. The van der Waals surface area contributed by atoms with Crippen molar-refractivity contribution < 1.29 is 17.6 Å². The average molecular weight is 500 g/mol. The molecule has 0 N–H and O–H groups in total. The van der Waals surface area contributed by atoms with Crippen LogP contribution in [0.15, 0.2) is 49.1 Å². The fourth-order valence-corrected chi connectivity index (χ4v) is 5.49. The average Bonchev–Trinajstić information content (AvgIpc) is 2.89. The highest BCUT2D eigenvalue weighted by molar-refractivity contribution is 5.36. The highest BCUT2D eigenvalue weighted by atomic mass is 19.1. The molecule has 5 heteroatoms. The first kappa shape index (κ1) is 28.0. The summed E-state index contributed by atoms with van der Waals surface area (Å²) in [5, 5.41) is 8.56. The van der Waals surface area contributed by atoms with Gasteiger partial charge in [0.05, 0.1) is 6.67 Å². The van der Waals surface area contributed by atoms with Crippen molar-refractivity contribution in [1.82, 2.24) is 0 Å². The van der Waals surface area contributed by atoms with Gasteiger partial charge in [0.2, 0.25) is 0 Å². The lowest BCUT2D eigenvalue weighted by molar-refractivity contribution is 0.235. The van der Waals surface area contributed by atoms with E-state index in [2.05, 4.69) is 30.8 Å². The van der Waals surface area contributed by atoms with Crippen LogP contribution in [0, 0.1) is 28.9 Å². The molecule has 0 aliphatic heterocycles. The molecule has 4 rings (SSSR count). The zero-order valence-electron chi connectivity index (χ0n) is 21.0. The summed E-state index contributed by atoms with van der Waals surface area (Å²) in [6.45, 7) is 3.62. The van der Waals surface area contributed by atoms with Gasteiger partial charge in [-0.1, -0.05) is 30.3 Å². The largest absolute Gasteiger partial charge is 0.251 e. The van der Waals surface area contributed by atoms with Gasteiger partial charge in [0, 0.05) is 0 Å². The van der Waals surface area contributed by atoms with E-state index >= 15 is 0 Å². The second-order valence-corrected chi connectivity index (χ2v) is 10.2. The molecule has 0 radical (unpaired) electrons. The van der Waals surface area contributed by atoms with E-state index in [9.17, 15) is 17.6 Å². The lowest BCUT2D eigenvalue weighted by atomic mass is 9.77. The molecule has 0 saturated heterocycles. The predicted octanol–water partition coefficient (Wildman–Crippen LogP) is 9.27. The third-order valence-electron chi connectivity index (χ3n) is 7.76. The molecule has 2 saturated carbocycles. The monoisotopic (exact) mass is 499 g/mol. The second-order valence-electron chi connectivity index (χ2n) is 10.2. The Kier molecular flexibility index (Phi) is 11.0. The Balaban J connectivity index is 0.000000202. The molecule has 2 aromatic rings. The fraction of sp³-hybridized carbons (Fsp3) is 0.516. The summed E-state index contributed by atoms with van der Waals surface area (Å²) in [5.41, 5.74) is 2.86. The van der Waals surface area contributed by atoms with Crippen LogP contribution in [0.2, 0.25) is 0 Å². The fourth-order valence-electron chi connectivity index (χ4n) is 5.49. The van der Waals surface area contributed by atoms with E-state index < -0.39 is 23.4 Å². The van der Waals surface area contributed by atoms with Gasteiger partial charge < -0.3 is 0 Å². The van der Waals surface area contributed by atoms with Crippen molar-refractivity contribution in [2.45, 2.75) is 88.6 Å². The second kappa shape index (κ2) is 14.2. The number of benzene rings is 2. The molecule has 1 nitrogen and oxygen atoms in total. The van der Waals surface area contributed by atoms with Crippen LogP contribution in [0.5, 0.6) is 0 Å². The van der Waals surface area contributed by atoms with E-state index in [0.29, 0.717) is 43.1 Å². The minimum Gasteiger partial charge on any atom is -0.251 e. The minimum absolute atomic E-state index is 0.00116. The van der Waals surface area contributed by atoms with Gasteiger partial charge in [0.15, 0.2) is 0 Å². The highest BCUT2D eigenvalue weighted by Gasteiger charge is 2.24. The van der Waals surface area contributed by atoms with Crippen molar-refractivity contribution in [3.05, 3.63) is 82.9 Å². The highest BCUT2D eigenvalue weighted by Crippen LogP contribution is 2.37. The number of nitrogens with zero attached hydrogens (tertiary/aromatic N) is 1. The Labute approximate surface area is 213 Å². The maximum absolute atomic E-state index is 13.4. The van der Waals surface area contributed by atoms with Crippen molar-refractivity contribution in [3.63, 3.8) is 0 Å². The third-order valence-corrected chi connectivity index (χ3v) is 7.76. The molecular formula is C31H37F4N. The molecule has 0 amide bonds. The Morgan fingerprint density at radius 3 is 1.94 bits per heavy atom. The number of nitriles is 1. The predicted molar refractivity (Wildman–Crippen MR) is 137 cm³/mol. The van der Waals surface area contributed by atoms with Crippen LogP contribution < -0.4 is 0 Å². The van der Waals surface area contributed by atoms with Crippen LogP contribution in [0.4, 0.5) is 17.6 Å². The number of alkyl halides is 2. The summed E-state index contributed by atoms with van der Waals surface area (Å²) in [6.07, 6.45) is 11.0. The number of allylic oxidation sites excluding steroid dienone is 1. The molecule has 2 fully saturated rings. The van der Waals surface area contributed by atoms with E-state index in [1.54, 1.807) is 0 Å². The quantitative estimate of drug-likeness (QED) is 0.275. The van der Waals surface area contributed by atoms with Gasteiger partial charge in [-0.2, -0.15) is 5.26 Å². The zero-order chi connectivity index (χ0) is 25.9. The van der Waals surface area contributed by atoms with Gasteiger partial charge in [-0.25, -0.2) is 13.2 Å². The van der Waals surface area contributed by atoms with Gasteiger partial charge >= 0.3 is 0 Å². The van der Waals surface area contributed by atoms with Crippen molar-refractivity contribution in [3.8, 4) is 6.07 Å². The zero-order valence-corrected chi connectivity index (χ0v) is 21.0. The first-order valence-corrected chi connectivity index (χ1v) is 13.2. The summed E-state index contributed by atoms with van der Waals surface area (Å²) < 4.78 is 52.1. The summed E-state index contributed by atoms with van der Waals surface area (Å²) in [7, 11) is 0. The van der Waals surface area contributed by atoms with Crippen LogP contribution in [-0.4, -0.2) is 12.8 Å². The molecule has 0 heterocycles. The molecule has 2 aliphatic rings. The van der Waals surface area contributed by atoms with E-state index in [-0.39, 0.29) is 12.6 Å². The van der Waals surface area contributed by atoms with E-state index in [0.717, 1.165) is 19.3 Å². The van der Waals surface area contributed by atoms with Gasteiger partial charge in [0.25, 0.3) is 0 Å². The number of rotatable bonds is 7. The van der Waals surface area contributed by atoms with Gasteiger partial charge in [0.1, 0.15) is 29.4 Å². The Bertz CT molecular complexity index is 971. The minimum atomic E-state index is -0.829. The summed E-state index contributed by atoms with van der Waals surface area (Å²) in [5.74, 6) is -0.328. The molecule has 2 aliphatic carbocycles. The third kappa shape index (κ3) is 7.95. The van der Waals surface area contributed by atoms with Crippen molar-refractivity contribution >= 4 is 0 Å². The number of halogens is 4. The van der Waals surface area contributed by atoms with Crippen LogP contribution in [0.1, 0.15) is 98.3 Å². The smallest absolute Gasteiger partial charge is 0.144 e. The lowest BCUT2D eigenvalue weighted by Crippen LogP contribution is -2.14. The molecule has 2 aromatic carbocycles. The number of aryl methyl sites for hydroxylation is 1. The Morgan fingerprint density at radius 1 is 0.861 bits per heavy atom. The summed E-state index contributed by atoms with van der Waals surface area (Å²) in [4.78, 5) is 0. The van der Waals surface area contributed by atoms with E-state index in [1.807, 2.05) is 6.08 Å². The van der Waals surface area contributed by atoms with Crippen LogP contribution in [0.25, 0.3) is 0 Å². The van der Waals surface area contributed by atoms with E-state index in [1.165, 1.54) is 55.0 Å². The molecule has 36 heavy (non-hydrogen) atoms. The first-order chi connectivity index (χ1) is 17.4. The normalized spacial score (nSPS) is 23.8. The van der Waals surface area contributed by atoms with Crippen LogP contribution in [-0.2, 0) is 6.42 Å². The molecule has 194 valence electrons. The number of hydrogen-bond donors (Lipinski definition) is 0. The summed E-state index contributed by atoms with van der Waals surface area (Å²) in [6, 6.07) is 13.0. The SMILES string of the molecule is C=CCCc1ccc(C2CCC(CCF)CC2)cc1.N#Cc1c(F)cc(C2CCC(F)CC2)cc1F. The topological polar surface area (TPSA) is 23.8 Å². The standard InChI is InChI=1S/C18H25F.C13H12F3N/c1-2-3-4-15-5-9-17(10-6-15)18-11-7-16(8-12-18)13-14-19;14-10-3-1-8(2-4-10)9-5-12(15)11(7-17)13(16)6-9/h2,5-6,9-10,16,18H,1,3-4,7-8,11-14H2;5-6,8,10H,1-4H2. The Morgan fingerprint density at radius 2 is 1.42 bits per heavy atom. The molecule has 0 atom stereocenters. The molecule has 0 unspecified atom stereocenters. The maximum Gasteiger partial charge on any atom is 0.144 e. The van der Waals surface area contributed by atoms with E-state index in [4.69, 9.17) is 5.26 Å². The first-order valence-electron chi connectivity index (χ1n) is 13.2. The van der Waals surface area contributed by atoms with Gasteiger partial charge in [-0.15, -0.1) is 6.58 Å². The van der Waals surface area contributed by atoms with Gasteiger partial charge in [-0.05, 0) is 117 Å². The van der Waals surface area contributed by atoms with Crippen molar-refractivity contribution in [1.29, 1.82) is 5.26 Å². The molecular weight excluding hydrogens is 462 g/mol. The molecule has 0 bridgehead atoms. The van der Waals surface area contributed by atoms with Crippen LogP contribution in [0.3, 0.4) is 0 Å². The Hall–Kier alpha value is -2.61. The summed E-state index contributed by atoms with van der Waals surface area (Å²) >= 11 is 0. The maximum atomic E-state index is 13.4. The lowest BCUT2D eigenvalue weighted by Gasteiger charge is -2.28. The molecule has 0 spiro atoms. The van der Waals surface area contributed by atoms with Gasteiger partial charge in [-0.3, -0.25) is 4.39 Å². The molecule has 0 aromatic heterocycles. The van der Waals surface area contributed by atoms with Crippen molar-refractivity contribution in [2.24, 2.45) is 5.92 Å².